The molecule has 2 N–H and O–H groups in total. The number of hydrogen-bond donors (Lipinski definition) is 2. The van der Waals surface area contributed by atoms with Crippen molar-refractivity contribution < 1.29 is 14.7 Å². The van der Waals surface area contributed by atoms with Gasteiger partial charge in [-0.2, -0.15) is 0 Å². The Balaban J connectivity index is 2.40. The second kappa shape index (κ2) is 4.07. The van der Waals surface area contributed by atoms with Crippen LogP contribution in [-0.2, 0) is 9.59 Å². The van der Waals surface area contributed by atoms with Crippen LogP contribution in [0.25, 0.3) is 0 Å². The first kappa shape index (κ1) is 13.0. The largest absolute Gasteiger partial charge is 0.481 e. The summed E-state index contributed by atoms with van der Waals surface area (Å²) in [5, 5.41) is 11.5. The quantitative estimate of drug-likeness (QED) is 0.752. The van der Waals surface area contributed by atoms with Crippen molar-refractivity contribution in [2.75, 3.05) is 0 Å². The van der Waals surface area contributed by atoms with Crippen molar-refractivity contribution in [2.45, 2.75) is 52.5 Å². The molecule has 0 aliphatic heterocycles. The van der Waals surface area contributed by atoms with Crippen LogP contribution in [0.1, 0.15) is 47.0 Å². The van der Waals surface area contributed by atoms with Crippen molar-refractivity contribution in [1.82, 2.24) is 5.32 Å². The number of carbonyl (C=O) groups excluding carboxylic acids is 1. The molecule has 0 aromatic rings. The predicted octanol–water partition coefficient (Wildman–Crippen LogP) is 1.79. The molecule has 1 atom stereocenters. The van der Waals surface area contributed by atoms with E-state index in [0.29, 0.717) is 6.42 Å². The molecule has 4 heteroatoms. The van der Waals surface area contributed by atoms with Gasteiger partial charge in [-0.15, -0.1) is 0 Å². The van der Waals surface area contributed by atoms with Crippen LogP contribution >= 0.6 is 0 Å². The molecule has 1 unspecified atom stereocenters. The molecule has 1 fully saturated rings. The van der Waals surface area contributed by atoms with Gasteiger partial charge in [-0.05, 0) is 32.1 Å². The van der Waals surface area contributed by atoms with E-state index in [0.717, 1.165) is 6.42 Å². The minimum Gasteiger partial charge on any atom is -0.481 e. The van der Waals surface area contributed by atoms with Crippen molar-refractivity contribution in [2.24, 2.45) is 11.3 Å². The van der Waals surface area contributed by atoms with Gasteiger partial charge in [0.2, 0.25) is 5.91 Å². The Labute approximate surface area is 96.4 Å². The lowest BCUT2D eigenvalue weighted by atomic mass is 9.97. The van der Waals surface area contributed by atoms with Gasteiger partial charge in [0, 0.05) is 17.9 Å². The molecule has 1 aliphatic carbocycles. The van der Waals surface area contributed by atoms with Gasteiger partial charge in [0.05, 0.1) is 0 Å². The van der Waals surface area contributed by atoms with Crippen LogP contribution in [0.4, 0.5) is 0 Å². The number of carbonyl (C=O) groups is 2. The number of carboxylic acids is 1. The number of rotatable bonds is 5. The van der Waals surface area contributed by atoms with E-state index >= 15 is 0 Å². The Morgan fingerprint density at radius 3 is 2.31 bits per heavy atom. The molecule has 0 saturated heterocycles. The Kier molecular flexibility index (Phi) is 3.31. The monoisotopic (exact) mass is 227 g/mol. The van der Waals surface area contributed by atoms with Crippen LogP contribution in [-0.4, -0.2) is 22.5 Å². The maximum atomic E-state index is 11.8. The van der Waals surface area contributed by atoms with E-state index in [4.69, 9.17) is 5.11 Å². The Bertz CT molecular complexity index is 307. The highest BCUT2D eigenvalue weighted by atomic mass is 16.4. The molecule has 4 nitrogen and oxygen atoms in total. The van der Waals surface area contributed by atoms with E-state index < -0.39 is 11.5 Å². The van der Waals surface area contributed by atoms with E-state index in [9.17, 15) is 9.59 Å². The summed E-state index contributed by atoms with van der Waals surface area (Å²) < 4.78 is 0. The molecule has 0 aromatic heterocycles. The zero-order valence-electron chi connectivity index (χ0n) is 10.5. The summed E-state index contributed by atoms with van der Waals surface area (Å²) in [5.41, 5.74) is -0.318. The second-order valence-corrected chi connectivity index (χ2v) is 6.01. The lowest BCUT2D eigenvalue weighted by molar-refractivity contribution is -0.138. The number of nitrogens with one attached hydrogen (secondary N) is 1. The van der Waals surface area contributed by atoms with Gasteiger partial charge < -0.3 is 10.4 Å². The molecule has 0 radical (unpaired) electrons. The van der Waals surface area contributed by atoms with Crippen molar-refractivity contribution in [1.29, 1.82) is 0 Å². The molecule has 0 heterocycles. The Hall–Kier alpha value is -1.06. The van der Waals surface area contributed by atoms with Gasteiger partial charge in [0.1, 0.15) is 0 Å². The van der Waals surface area contributed by atoms with Crippen LogP contribution in [0.2, 0.25) is 0 Å². The smallest absolute Gasteiger partial charge is 0.303 e. The third-order valence-corrected chi connectivity index (χ3v) is 3.26. The third-order valence-electron chi connectivity index (χ3n) is 3.26. The van der Waals surface area contributed by atoms with Crippen molar-refractivity contribution in [3.63, 3.8) is 0 Å². The fourth-order valence-corrected chi connectivity index (χ4v) is 1.82. The van der Waals surface area contributed by atoms with Crippen molar-refractivity contribution >= 4 is 11.9 Å². The fourth-order valence-electron chi connectivity index (χ4n) is 1.82. The molecule has 92 valence electrons. The standard InChI is InChI=1S/C12H21NO3/c1-11(2)7-8(11)10(16)13-12(3,4)6-5-9(14)15/h8H,5-7H2,1-4H3,(H,13,16)(H,14,15). The molecule has 1 saturated carbocycles. The first-order valence-corrected chi connectivity index (χ1v) is 5.68. The highest BCUT2D eigenvalue weighted by Crippen LogP contribution is 2.51. The molecular weight excluding hydrogens is 206 g/mol. The van der Waals surface area contributed by atoms with E-state index in [1.165, 1.54) is 0 Å². The van der Waals surface area contributed by atoms with Crippen LogP contribution in [0.15, 0.2) is 0 Å². The van der Waals surface area contributed by atoms with Crippen molar-refractivity contribution in [3.8, 4) is 0 Å². The van der Waals surface area contributed by atoms with Gasteiger partial charge in [-0.25, -0.2) is 0 Å². The molecule has 1 amide bonds. The van der Waals surface area contributed by atoms with Gasteiger partial charge in [0.25, 0.3) is 0 Å². The number of aliphatic carboxylic acids is 1. The second-order valence-electron chi connectivity index (χ2n) is 6.01. The first-order chi connectivity index (χ1) is 7.14. The first-order valence-electron chi connectivity index (χ1n) is 5.68. The topological polar surface area (TPSA) is 66.4 Å². The van der Waals surface area contributed by atoms with Crippen LogP contribution in [0.5, 0.6) is 0 Å². The third kappa shape index (κ3) is 3.51. The average Bonchev–Trinajstić information content (AvgIpc) is 2.71. The average molecular weight is 227 g/mol. The molecule has 16 heavy (non-hydrogen) atoms. The summed E-state index contributed by atoms with van der Waals surface area (Å²) in [5.74, 6) is -0.675. The Morgan fingerprint density at radius 2 is 1.94 bits per heavy atom. The number of carboxylic acid groups (broad SMARTS) is 1. The minimum absolute atomic E-state index is 0.0559. The van der Waals surface area contributed by atoms with E-state index in [1.54, 1.807) is 0 Å². The molecule has 1 aliphatic rings. The van der Waals surface area contributed by atoms with Gasteiger partial charge in [-0.1, -0.05) is 13.8 Å². The normalized spacial score (nSPS) is 22.6. The van der Waals surface area contributed by atoms with E-state index in [1.807, 2.05) is 13.8 Å². The molecule has 0 bridgehead atoms. The van der Waals surface area contributed by atoms with E-state index in [-0.39, 0.29) is 23.7 Å². The summed E-state index contributed by atoms with van der Waals surface area (Å²) in [6.45, 7) is 7.87. The highest BCUT2D eigenvalue weighted by Gasteiger charge is 2.51. The van der Waals surface area contributed by atoms with Crippen LogP contribution < -0.4 is 5.32 Å². The molecule has 0 aromatic carbocycles. The van der Waals surface area contributed by atoms with Gasteiger partial charge in [0.15, 0.2) is 0 Å². The van der Waals surface area contributed by atoms with Gasteiger partial charge >= 0.3 is 5.97 Å². The summed E-state index contributed by atoms with van der Waals surface area (Å²) in [4.78, 5) is 22.3. The summed E-state index contributed by atoms with van der Waals surface area (Å²) >= 11 is 0. The summed E-state index contributed by atoms with van der Waals surface area (Å²) in [6, 6.07) is 0. The molecule has 0 spiro atoms. The van der Waals surface area contributed by atoms with Crippen LogP contribution in [0, 0.1) is 11.3 Å². The zero-order valence-corrected chi connectivity index (χ0v) is 10.5. The minimum atomic E-state index is -0.825. The SMILES string of the molecule is CC(C)(CCC(=O)O)NC(=O)C1CC1(C)C. The molecule has 1 rings (SSSR count). The fraction of sp³-hybridized carbons (Fsp3) is 0.833. The zero-order chi connectivity index (χ0) is 12.6. The maximum absolute atomic E-state index is 11.8. The summed E-state index contributed by atoms with van der Waals surface area (Å²) in [6.07, 6.45) is 1.47. The lowest BCUT2D eigenvalue weighted by Crippen LogP contribution is -2.44. The van der Waals surface area contributed by atoms with E-state index in [2.05, 4.69) is 19.2 Å². The van der Waals surface area contributed by atoms with Gasteiger partial charge in [-0.3, -0.25) is 9.59 Å². The van der Waals surface area contributed by atoms with Crippen molar-refractivity contribution in [3.05, 3.63) is 0 Å². The van der Waals surface area contributed by atoms with Crippen LogP contribution in [0.3, 0.4) is 0 Å². The maximum Gasteiger partial charge on any atom is 0.303 e. The number of amides is 1. The number of hydrogen-bond acceptors (Lipinski definition) is 2. The lowest BCUT2D eigenvalue weighted by Gasteiger charge is -2.26. The Morgan fingerprint density at radius 1 is 1.44 bits per heavy atom. The predicted molar refractivity (Wildman–Crippen MR) is 61.0 cm³/mol. The highest BCUT2D eigenvalue weighted by molar-refractivity contribution is 5.83. The molecular formula is C12H21NO3. The summed E-state index contributed by atoms with van der Waals surface area (Å²) in [7, 11) is 0.